The Morgan fingerprint density at radius 2 is 0.647 bits per heavy atom. The molecule has 0 aromatic rings. The van der Waals surface area contributed by atoms with E-state index in [4.69, 9.17) is 14.2 Å². The van der Waals surface area contributed by atoms with E-state index in [1.807, 2.05) is 0 Å². The Morgan fingerprint density at radius 3 is 1.04 bits per heavy atom. The molecule has 0 aliphatic rings. The highest BCUT2D eigenvalue weighted by molar-refractivity contribution is 5.70. The molecule has 0 spiro atoms. The third-order valence-corrected chi connectivity index (χ3v) is 13.6. The molecule has 1 atom stereocenters. The Kier molecular flexibility index (Phi) is 57.8. The van der Waals surface area contributed by atoms with Crippen LogP contribution in [0.3, 0.4) is 0 Å². The van der Waals surface area contributed by atoms with E-state index in [-0.39, 0.29) is 25.2 Å². The molecule has 1 unspecified atom stereocenters. The fourth-order valence-corrected chi connectivity index (χ4v) is 9.08. The van der Waals surface area contributed by atoms with Crippen molar-refractivity contribution in [1.29, 1.82) is 0 Å². The van der Waals surface area contributed by atoms with Gasteiger partial charge in [-0.25, -0.2) is 0 Å². The maximum Gasteiger partial charge on any atom is 0.306 e. The predicted octanol–water partition coefficient (Wildman–Crippen LogP) is 20.9. The summed E-state index contributed by atoms with van der Waals surface area (Å²) in [5.41, 5.74) is 0. The first kappa shape index (κ1) is 66.1. The number of allylic oxidation sites excluding steroid dienone is 6. The van der Waals surface area contributed by atoms with Crippen LogP contribution in [-0.4, -0.2) is 37.9 Å². The van der Waals surface area contributed by atoms with E-state index in [0.717, 1.165) is 57.8 Å². The van der Waals surface area contributed by atoms with Gasteiger partial charge in [0.2, 0.25) is 0 Å². The standard InChI is InChI=1S/C63H118O5/c1-4-7-10-13-16-19-22-25-27-29-31-33-35-37-40-43-46-49-52-55-58-66-59-61(68-63(65)57-54-51-48-45-42-38-24-21-18-15-12-9-6-3)60-67-62(64)56-53-50-47-44-41-39-36-34-32-30-28-26-23-20-17-14-11-8-5-2/h12,15,21,24-25,27,61H,4-11,13-14,16-20,22-23,26,28-60H2,1-3H3/b15-12-,24-21-,27-25-. The molecule has 0 rings (SSSR count). The number of carbonyl (C=O) groups is 2. The first-order valence-corrected chi connectivity index (χ1v) is 30.5. The Hall–Kier alpha value is -1.88. The average Bonchev–Trinajstić information content (AvgIpc) is 3.34. The van der Waals surface area contributed by atoms with Gasteiger partial charge in [0.15, 0.2) is 6.10 Å². The molecule has 5 heteroatoms. The summed E-state index contributed by atoms with van der Waals surface area (Å²) in [5.74, 6) is -0.393. The molecule has 0 N–H and O–H groups in total. The molecule has 0 radical (unpaired) electrons. The summed E-state index contributed by atoms with van der Waals surface area (Å²) in [5, 5.41) is 0. The van der Waals surface area contributed by atoms with Crippen LogP contribution in [0, 0.1) is 0 Å². The van der Waals surface area contributed by atoms with Gasteiger partial charge in [-0.3, -0.25) is 9.59 Å². The van der Waals surface area contributed by atoms with Gasteiger partial charge < -0.3 is 14.2 Å². The fraction of sp³-hybridized carbons (Fsp3) is 0.873. The normalized spacial score (nSPS) is 12.3. The molecular weight excluding hydrogens is 837 g/mol. The first-order chi connectivity index (χ1) is 33.6. The highest BCUT2D eigenvalue weighted by atomic mass is 16.6. The Bertz CT molecular complexity index is 1080. The first-order valence-electron chi connectivity index (χ1n) is 30.5. The fourth-order valence-electron chi connectivity index (χ4n) is 9.08. The lowest BCUT2D eigenvalue weighted by atomic mass is 10.0. The third kappa shape index (κ3) is 56.7. The molecule has 5 nitrogen and oxygen atoms in total. The van der Waals surface area contributed by atoms with Crippen LogP contribution in [0.4, 0.5) is 0 Å². The number of esters is 2. The van der Waals surface area contributed by atoms with Crippen LogP contribution in [0.2, 0.25) is 0 Å². The van der Waals surface area contributed by atoms with Gasteiger partial charge in [-0.2, -0.15) is 0 Å². The molecule has 0 saturated carbocycles. The number of unbranched alkanes of at least 4 members (excludes halogenated alkanes) is 40. The average molecular weight is 956 g/mol. The van der Waals surface area contributed by atoms with Gasteiger partial charge in [0, 0.05) is 19.4 Å². The molecule has 0 aliphatic heterocycles. The van der Waals surface area contributed by atoms with Crippen molar-refractivity contribution in [2.45, 2.75) is 335 Å². The summed E-state index contributed by atoms with van der Waals surface area (Å²) in [4.78, 5) is 25.5. The van der Waals surface area contributed by atoms with E-state index < -0.39 is 6.10 Å². The summed E-state index contributed by atoms with van der Waals surface area (Å²) in [6.07, 6.45) is 73.2. The lowest BCUT2D eigenvalue weighted by Crippen LogP contribution is -2.30. The minimum Gasteiger partial charge on any atom is -0.462 e. The van der Waals surface area contributed by atoms with Crippen molar-refractivity contribution in [3.63, 3.8) is 0 Å². The second-order valence-corrected chi connectivity index (χ2v) is 20.6. The summed E-state index contributed by atoms with van der Waals surface area (Å²) < 4.78 is 17.5. The summed E-state index contributed by atoms with van der Waals surface area (Å²) in [6.45, 7) is 7.81. The summed E-state index contributed by atoms with van der Waals surface area (Å²) in [7, 11) is 0. The van der Waals surface area contributed by atoms with Gasteiger partial charge in [-0.15, -0.1) is 0 Å². The third-order valence-electron chi connectivity index (χ3n) is 13.6. The molecule has 0 heterocycles. The molecule has 0 aromatic heterocycles. The van der Waals surface area contributed by atoms with E-state index in [1.165, 1.54) is 238 Å². The van der Waals surface area contributed by atoms with Crippen molar-refractivity contribution in [3.8, 4) is 0 Å². The van der Waals surface area contributed by atoms with Gasteiger partial charge in [-0.05, 0) is 70.6 Å². The minimum atomic E-state index is -0.540. The zero-order chi connectivity index (χ0) is 49.2. The number of ether oxygens (including phenoxy) is 3. The van der Waals surface area contributed by atoms with Gasteiger partial charge in [0.1, 0.15) is 6.61 Å². The topological polar surface area (TPSA) is 61.8 Å². The number of carbonyl (C=O) groups excluding carboxylic acids is 2. The van der Waals surface area contributed by atoms with Crippen LogP contribution in [0.5, 0.6) is 0 Å². The Balaban J connectivity index is 4.19. The highest BCUT2D eigenvalue weighted by Crippen LogP contribution is 2.17. The molecule has 400 valence electrons. The molecule has 0 aliphatic carbocycles. The second-order valence-electron chi connectivity index (χ2n) is 20.6. The molecule has 0 amide bonds. The SMILES string of the molecule is CCC/C=C\C/C=C\CCCCCCCC(=O)OC(COCCCCCCCCCCCC/C=C\CCCCCCCC)COC(=O)CCCCCCCCCCCCCCCCCCCCC. The molecular formula is C63H118O5. The second kappa shape index (κ2) is 59.4. The Morgan fingerprint density at radius 1 is 0.324 bits per heavy atom. The number of hydrogen-bond acceptors (Lipinski definition) is 5. The van der Waals surface area contributed by atoms with Crippen molar-refractivity contribution in [2.75, 3.05) is 19.8 Å². The van der Waals surface area contributed by atoms with Crippen molar-refractivity contribution >= 4 is 11.9 Å². The van der Waals surface area contributed by atoms with Crippen molar-refractivity contribution in [1.82, 2.24) is 0 Å². The van der Waals surface area contributed by atoms with Crippen LogP contribution in [0.25, 0.3) is 0 Å². The smallest absolute Gasteiger partial charge is 0.306 e. The predicted molar refractivity (Wildman–Crippen MR) is 298 cm³/mol. The molecule has 0 saturated heterocycles. The number of rotatable bonds is 57. The maximum atomic E-state index is 12.8. The summed E-state index contributed by atoms with van der Waals surface area (Å²) in [6, 6.07) is 0. The van der Waals surface area contributed by atoms with Crippen LogP contribution >= 0.6 is 0 Å². The lowest BCUT2D eigenvalue weighted by molar-refractivity contribution is -0.163. The quantitative estimate of drug-likeness (QED) is 0.0345. The van der Waals surface area contributed by atoms with Crippen LogP contribution < -0.4 is 0 Å². The van der Waals surface area contributed by atoms with Crippen molar-refractivity contribution in [3.05, 3.63) is 36.5 Å². The van der Waals surface area contributed by atoms with Gasteiger partial charge >= 0.3 is 11.9 Å². The lowest BCUT2D eigenvalue weighted by Gasteiger charge is -2.18. The van der Waals surface area contributed by atoms with E-state index in [1.54, 1.807) is 0 Å². The number of hydrogen-bond donors (Lipinski definition) is 0. The molecule has 0 bridgehead atoms. The monoisotopic (exact) mass is 955 g/mol. The minimum absolute atomic E-state index is 0.0849. The van der Waals surface area contributed by atoms with Gasteiger partial charge in [0.25, 0.3) is 0 Å². The Labute approximate surface area is 425 Å². The van der Waals surface area contributed by atoms with E-state index in [2.05, 4.69) is 57.2 Å². The zero-order valence-electron chi connectivity index (χ0n) is 46.1. The van der Waals surface area contributed by atoms with Crippen LogP contribution in [0.1, 0.15) is 329 Å². The van der Waals surface area contributed by atoms with Crippen LogP contribution in [0.15, 0.2) is 36.5 Å². The van der Waals surface area contributed by atoms with E-state index in [9.17, 15) is 9.59 Å². The van der Waals surface area contributed by atoms with Gasteiger partial charge in [0.05, 0.1) is 6.61 Å². The summed E-state index contributed by atoms with van der Waals surface area (Å²) >= 11 is 0. The van der Waals surface area contributed by atoms with E-state index >= 15 is 0 Å². The van der Waals surface area contributed by atoms with Crippen molar-refractivity contribution < 1.29 is 23.8 Å². The maximum absolute atomic E-state index is 12.8. The van der Waals surface area contributed by atoms with E-state index in [0.29, 0.717) is 19.4 Å². The van der Waals surface area contributed by atoms with Gasteiger partial charge in [-0.1, -0.05) is 282 Å². The van der Waals surface area contributed by atoms with Crippen LogP contribution in [-0.2, 0) is 23.8 Å². The molecule has 0 fully saturated rings. The van der Waals surface area contributed by atoms with Crippen molar-refractivity contribution in [2.24, 2.45) is 0 Å². The largest absolute Gasteiger partial charge is 0.462 e. The molecule has 0 aromatic carbocycles. The molecule has 68 heavy (non-hydrogen) atoms. The zero-order valence-corrected chi connectivity index (χ0v) is 46.1. The highest BCUT2D eigenvalue weighted by Gasteiger charge is 2.17.